The van der Waals surface area contributed by atoms with Gasteiger partial charge in [0.2, 0.25) is 0 Å². The molecule has 0 fully saturated rings. The molecule has 0 aromatic carbocycles. The molecule has 0 radical (unpaired) electrons. The number of carboxylic acids is 1. The molecule has 0 unspecified atom stereocenters. The molecule has 4 nitrogen and oxygen atoms in total. The molecule has 1 rings (SSSR count). The summed E-state index contributed by atoms with van der Waals surface area (Å²) in [6, 6.07) is -0.399. The largest absolute Gasteiger partial charge is 0.480 e. The number of carboxylic acid groups (broad SMARTS) is 1. The van der Waals surface area contributed by atoms with Gasteiger partial charge in [0.1, 0.15) is 17.0 Å². The van der Waals surface area contributed by atoms with Crippen LogP contribution in [-0.4, -0.2) is 16.1 Å². The third-order valence-corrected chi connectivity index (χ3v) is 1.75. The lowest BCUT2D eigenvalue weighted by Crippen LogP contribution is -2.21. The van der Waals surface area contributed by atoms with Crippen LogP contribution < -0.4 is 5.73 Å². The number of carbonyl (C=O) groups is 1. The molecular weight excluding hydrogens is 199 g/mol. The molecule has 0 saturated heterocycles. The molecular formula is C7H6ClFN2O2. The highest BCUT2D eigenvalue weighted by Gasteiger charge is 2.18. The van der Waals surface area contributed by atoms with Gasteiger partial charge in [0.15, 0.2) is 0 Å². The van der Waals surface area contributed by atoms with Gasteiger partial charge < -0.3 is 10.8 Å². The van der Waals surface area contributed by atoms with Gasteiger partial charge in [-0.3, -0.25) is 4.79 Å². The van der Waals surface area contributed by atoms with Crippen LogP contribution in [-0.2, 0) is 4.79 Å². The van der Waals surface area contributed by atoms with Crippen molar-refractivity contribution in [1.29, 1.82) is 0 Å². The van der Waals surface area contributed by atoms with Crippen LogP contribution in [0.3, 0.4) is 0 Å². The quantitative estimate of drug-likeness (QED) is 0.704. The molecule has 0 spiro atoms. The molecule has 0 amide bonds. The Morgan fingerprint density at radius 3 is 2.92 bits per heavy atom. The first-order valence-corrected chi connectivity index (χ1v) is 3.69. The Bertz CT molecular complexity index is 345. The zero-order valence-corrected chi connectivity index (χ0v) is 7.12. The number of aliphatic carboxylic acids is 1. The predicted molar refractivity (Wildman–Crippen MR) is 43.8 cm³/mol. The summed E-state index contributed by atoms with van der Waals surface area (Å²) in [7, 11) is 0. The van der Waals surface area contributed by atoms with Gasteiger partial charge in [-0.05, 0) is 6.07 Å². The number of pyridine rings is 1. The summed E-state index contributed by atoms with van der Waals surface area (Å²) in [6.45, 7) is 0. The minimum atomic E-state index is -1.35. The van der Waals surface area contributed by atoms with Crippen molar-refractivity contribution in [3.8, 4) is 0 Å². The lowest BCUT2D eigenvalue weighted by atomic mass is 10.1. The fourth-order valence-corrected chi connectivity index (χ4v) is 1.01. The lowest BCUT2D eigenvalue weighted by molar-refractivity contribution is -0.138. The normalized spacial score (nSPS) is 12.5. The van der Waals surface area contributed by atoms with E-state index in [2.05, 4.69) is 4.98 Å². The Morgan fingerprint density at radius 1 is 1.77 bits per heavy atom. The molecule has 13 heavy (non-hydrogen) atoms. The molecule has 0 aliphatic heterocycles. The summed E-state index contributed by atoms with van der Waals surface area (Å²) < 4.78 is 12.6. The van der Waals surface area contributed by atoms with Gasteiger partial charge >= 0.3 is 5.97 Å². The monoisotopic (exact) mass is 204 g/mol. The van der Waals surface area contributed by atoms with E-state index in [1.54, 1.807) is 0 Å². The summed E-state index contributed by atoms with van der Waals surface area (Å²) in [4.78, 5) is 13.9. The highest BCUT2D eigenvalue weighted by atomic mass is 35.5. The summed E-state index contributed by atoms with van der Waals surface area (Å²) in [5, 5.41) is 8.42. The van der Waals surface area contributed by atoms with Crippen molar-refractivity contribution in [3.05, 3.63) is 28.8 Å². The minimum absolute atomic E-state index is 0.0332. The van der Waals surface area contributed by atoms with Crippen LogP contribution in [0.2, 0.25) is 5.15 Å². The van der Waals surface area contributed by atoms with Crippen molar-refractivity contribution in [3.63, 3.8) is 0 Å². The van der Waals surface area contributed by atoms with Crippen LogP contribution in [0.4, 0.5) is 4.39 Å². The van der Waals surface area contributed by atoms with Crippen LogP contribution in [0, 0.1) is 5.82 Å². The zero-order valence-electron chi connectivity index (χ0n) is 6.37. The van der Waals surface area contributed by atoms with Gasteiger partial charge in [0, 0.05) is 5.56 Å². The molecule has 6 heteroatoms. The van der Waals surface area contributed by atoms with E-state index < -0.39 is 17.8 Å². The van der Waals surface area contributed by atoms with E-state index in [9.17, 15) is 9.18 Å². The first-order valence-electron chi connectivity index (χ1n) is 3.31. The maximum atomic E-state index is 12.6. The molecule has 0 saturated carbocycles. The van der Waals surface area contributed by atoms with Crippen molar-refractivity contribution in [2.24, 2.45) is 5.73 Å². The molecule has 0 bridgehead atoms. The topological polar surface area (TPSA) is 76.2 Å². The number of halogens is 2. The van der Waals surface area contributed by atoms with E-state index in [4.69, 9.17) is 22.4 Å². The first kappa shape index (κ1) is 9.88. The molecule has 1 heterocycles. The van der Waals surface area contributed by atoms with E-state index in [0.29, 0.717) is 0 Å². The number of nitrogens with zero attached hydrogens (tertiary/aromatic N) is 1. The molecule has 0 aliphatic carbocycles. The average molecular weight is 205 g/mol. The molecule has 1 atom stereocenters. The van der Waals surface area contributed by atoms with E-state index in [0.717, 1.165) is 12.3 Å². The maximum absolute atomic E-state index is 12.6. The number of nitrogens with two attached hydrogens (primary N) is 1. The van der Waals surface area contributed by atoms with Gasteiger partial charge in [-0.15, -0.1) is 0 Å². The minimum Gasteiger partial charge on any atom is -0.480 e. The standard InChI is InChI=1S/C7H6ClFN2O2/c8-6-4(5(10)7(12)13)1-3(9)2-11-6/h1-2,5H,10H2,(H,12,13)/t5-/m0/s1. The van der Waals surface area contributed by atoms with Gasteiger partial charge in [-0.1, -0.05) is 11.6 Å². The third kappa shape index (κ3) is 2.13. The maximum Gasteiger partial charge on any atom is 0.325 e. The Labute approximate surface area is 78.1 Å². The van der Waals surface area contributed by atoms with Crippen molar-refractivity contribution in [2.45, 2.75) is 6.04 Å². The van der Waals surface area contributed by atoms with E-state index >= 15 is 0 Å². The van der Waals surface area contributed by atoms with Gasteiger partial charge in [-0.25, -0.2) is 9.37 Å². The number of aromatic nitrogens is 1. The fraction of sp³-hybridized carbons (Fsp3) is 0.143. The summed E-state index contributed by atoms with van der Waals surface area (Å²) >= 11 is 5.51. The summed E-state index contributed by atoms with van der Waals surface area (Å²) in [5.41, 5.74) is 5.18. The van der Waals surface area contributed by atoms with E-state index in [1.165, 1.54) is 0 Å². The summed E-state index contributed by atoms with van der Waals surface area (Å²) in [5.74, 6) is -1.95. The number of rotatable bonds is 2. The second kappa shape index (κ2) is 3.68. The SMILES string of the molecule is N[C@H](C(=O)O)c1cc(F)cnc1Cl. The van der Waals surface area contributed by atoms with E-state index in [1.807, 2.05) is 0 Å². The first-order chi connectivity index (χ1) is 6.02. The van der Waals surface area contributed by atoms with Gasteiger partial charge in [0.25, 0.3) is 0 Å². The van der Waals surface area contributed by atoms with E-state index in [-0.39, 0.29) is 10.7 Å². The van der Waals surface area contributed by atoms with Crippen LogP contribution in [0.25, 0.3) is 0 Å². The van der Waals surface area contributed by atoms with Crippen LogP contribution in [0.5, 0.6) is 0 Å². The Hall–Kier alpha value is -1.20. The summed E-state index contributed by atoms with van der Waals surface area (Å²) in [6.07, 6.45) is 0.889. The van der Waals surface area contributed by atoms with Crippen molar-refractivity contribution >= 4 is 17.6 Å². The molecule has 3 N–H and O–H groups in total. The lowest BCUT2D eigenvalue weighted by Gasteiger charge is -2.07. The van der Waals surface area contributed by atoms with Crippen molar-refractivity contribution < 1.29 is 14.3 Å². The second-order valence-corrected chi connectivity index (χ2v) is 2.71. The van der Waals surface area contributed by atoms with Crippen LogP contribution in [0.15, 0.2) is 12.3 Å². The molecule has 1 aromatic rings. The molecule has 1 aromatic heterocycles. The average Bonchev–Trinajstić information content (AvgIpc) is 2.08. The molecule has 70 valence electrons. The Balaban J connectivity index is 3.12. The van der Waals surface area contributed by atoms with Crippen molar-refractivity contribution in [2.75, 3.05) is 0 Å². The number of hydrogen-bond donors (Lipinski definition) is 2. The highest BCUT2D eigenvalue weighted by Crippen LogP contribution is 2.19. The predicted octanol–water partition coefficient (Wildman–Crippen LogP) is 0.959. The second-order valence-electron chi connectivity index (χ2n) is 2.35. The number of hydrogen-bond acceptors (Lipinski definition) is 3. The van der Waals surface area contributed by atoms with Gasteiger partial charge in [-0.2, -0.15) is 0 Å². The zero-order chi connectivity index (χ0) is 10.0. The third-order valence-electron chi connectivity index (χ3n) is 1.43. The van der Waals surface area contributed by atoms with Gasteiger partial charge in [0.05, 0.1) is 6.20 Å². The van der Waals surface area contributed by atoms with Crippen LogP contribution in [0.1, 0.15) is 11.6 Å². The van der Waals surface area contributed by atoms with Crippen molar-refractivity contribution in [1.82, 2.24) is 4.98 Å². The fourth-order valence-electron chi connectivity index (χ4n) is 0.789. The Morgan fingerprint density at radius 2 is 2.38 bits per heavy atom. The smallest absolute Gasteiger partial charge is 0.325 e. The van der Waals surface area contributed by atoms with Crippen LogP contribution >= 0.6 is 11.6 Å². The highest BCUT2D eigenvalue weighted by molar-refractivity contribution is 6.30. The molecule has 0 aliphatic rings. The Kier molecular flexibility index (Phi) is 2.79.